The number of amides is 1. The van der Waals surface area contributed by atoms with E-state index in [1.807, 2.05) is 66.1 Å². The maximum absolute atomic E-state index is 12.8. The van der Waals surface area contributed by atoms with E-state index >= 15 is 0 Å². The van der Waals surface area contributed by atoms with Crippen LogP contribution in [0.3, 0.4) is 0 Å². The van der Waals surface area contributed by atoms with Gasteiger partial charge in [-0.1, -0.05) is 37.3 Å². The monoisotopic (exact) mass is 326 g/mol. The molecule has 3 nitrogen and oxygen atoms in total. The third kappa shape index (κ3) is 3.70. The molecular formula is C19H22N2OS. The number of benzene rings is 2. The summed E-state index contributed by atoms with van der Waals surface area (Å²) in [4.78, 5) is 15.9. The molecule has 1 unspecified atom stereocenters. The van der Waals surface area contributed by atoms with Crippen LogP contribution in [0.2, 0.25) is 0 Å². The molecule has 0 fully saturated rings. The van der Waals surface area contributed by atoms with Gasteiger partial charge < -0.3 is 10.2 Å². The first-order valence-corrected chi connectivity index (χ1v) is 8.88. The predicted octanol–water partition coefficient (Wildman–Crippen LogP) is 4.32. The fraction of sp³-hybridized carbons (Fsp3) is 0.316. The summed E-state index contributed by atoms with van der Waals surface area (Å²) in [6.07, 6.45) is 1.01. The number of fused-ring (bicyclic) bond motifs is 1. The molecule has 1 N–H and O–H groups in total. The van der Waals surface area contributed by atoms with Gasteiger partial charge in [-0.25, -0.2) is 0 Å². The van der Waals surface area contributed by atoms with Gasteiger partial charge in [-0.3, -0.25) is 4.79 Å². The molecular weight excluding hydrogens is 304 g/mol. The van der Waals surface area contributed by atoms with Crippen LogP contribution in [-0.4, -0.2) is 24.2 Å². The molecule has 1 atom stereocenters. The van der Waals surface area contributed by atoms with E-state index in [-0.39, 0.29) is 5.91 Å². The minimum atomic E-state index is 0.121. The Morgan fingerprint density at radius 1 is 1.22 bits per heavy atom. The van der Waals surface area contributed by atoms with Crippen LogP contribution in [0.15, 0.2) is 53.4 Å². The van der Waals surface area contributed by atoms with Crippen molar-refractivity contribution in [2.24, 2.45) is 0 Å². The SMILES string of the molecule is Cc1ccccc1NCC(=O)N1CCC(C)Sc2ccccc21. The minimum Gasteiger partial charge on any atom is -0.376 e. The Bertz CT molecular complexity index is 701. The maximum atomic E-state index is 12.8. The molecule has 120 valence electrons. The van der Waals surface area contributed by atoms with Crippen molar-refractivity contribution >= 4 is 29.0 Å². The lowest BCUT2D eigenvalue weighted by Gasteiger charge is -2.23. The zero-order chi connectivity index (χ0) is 16.2. The number of nitrogens with one attached hydrogen (secondary N) is 1. The van der Waals surface area contributed by atoms with Gasteiger partial charge in [0, 0.05) is 22.4 Å². The number of hydrogen-bond acceptors (Lipinski definition) is 3. The molecule has 0 bridgehead atoms. The topological polar surface area (TPSA) is 32.3 Å². The highest BCUT2D eigenvalue weighted by atomic mass is 32.2. The number of hydrogen-bond donors (Lipinski definition) is 1. The summed E-state index contributed by atoms with van der Waals surface area (Å²) in [5.41, 5.74) is 3.21. The number of thioether (sulfide) groups is 1. The first-order chi connectivity index (χ1) is 11.1. The molecule has 0 aromatic heterocycles. The van der Waals surface area contributed by atoms with Crippen LogP contribution < -0.4 is 10.2 Å². The van der Waals surface area contributed by atoms with Gasteiger partial charge >= 0.3 is 0 Å². The lowest BCUT2D eigenvalue weighted by atomic mass is 10.2. The summed E-state index contributed by atoms with van der Waals surface area (Å²) in [6, 6.07) is 16.3. The van der Waals surface area contributed by atoms with E-state index in [2.05, 4.69) is 18.3 Å². The van der Waals surface area contributed by atoms with Crippen LogP contribution in [0.25, 0.3) is 0 Å². The van der Waals surface area contributed by atoms with Crippen LogP contribution in [0.1, 0.15) is 18.9 Å². The van der Waals surface area contributed by atoms with E-state index in [9.17, 15) is 4.79 Å². The van der Waals surface area contributed by atoms with Gasteiger partial charge in [0.15, 0.2) is 0 Å². The van der Waals surface area contributed by atoms with E-state index in [1.165, 1.54) is 4.90 Å². The van der Waals surface area contributed by atoms with Gasteiger partial charge in [0.05, 0.1) is 12.2 Å². The molecule has 2 aromatic carbocycles. The van der Waals surface area contributed by atoms with Crippen molar-refractivity contribution in [2.75, 3.05) is 23.3 Å². The highest BCUT2D eigenvalue weighted by Gasteiger charge is 2.23. The number of anilines is 2. The Kier molecular flexibility index (Phi) is 4.91. The molecule has 0 saturated heterocycles. The molecule has 1 heterocycles. The first kappa shape index (κ1) is 15.9. The molecule has 1 aliphatic rings. The van der Waals surface area contributed by atoms with Gasteiger partial charge in [0.1, 0.15) is 0 Å². The fourth-order valence-corrected chi connectivity index (χ4v) is 3.90. The molecule has 0 saturated carbocycles. The molecule has 1 amide bonds. The maximum Gasteiger partial charge on any atom is 0.246 e. The van der Waals surface area contributed by atoms with Crippen molar-refractivity contribution in [3.8, 4) is 0 Å². The molecule has 23 heavy (non-hydrogen) atoms. The molecule has 0 spiro atoms. The van der Waals surface area contributed by atoms with Crippen molar-refractivity contribution < 1.29 is 4.79 Å². The Morgan fingerprint density at radius 2 is 1.96 bits per heavy atom. The van der Waals surface area contributed by atoms with E-state index in [4.69, 9.17) is 0 Å². The second-order valence-corrected chi connectivity index (χ2v) is 7.38. The zero-order valence-corrected chi connectivity index (χ0v) is 14.4. The highest BCUT2D eigenvalue weighted by Crippen LogP contribution is 2.37. The lowest BCUT2D eigenvalue weighted by Crippen LogP contribution is -2.36. The number of carbonyl (C=O) groups excluding carboxylic acids is 1. The summed E-state index contributed by atoms with van der Waals surface area (Å²) in [6.45, 7) is 5.37. The van der Waals surface area contributed by atoms with Crippen molar-refractivity contribution in [1.29, 1.82) is 0 Å². The molecule has 0 aliphatic carbocycles. The quantitative estimate of drug-likeness (QED) is 0.911. The van der Waals surface area contributed by atoms with Gasteiger partial charge in [-0.05, 0) is 37.1 Å². The Balaban J connectivity index is 1.75. The number of nitrogens with zero attached hydrogens (tertiary/aromatic N) is 1. The van der Waals surface area contributed by atoms with Crippen LogP contribution in [0.4, 0.5) is 11.4 Å². The largest absolute Gasteiger partial charge is 0.376 e. The predicted molar refractivity (Wildman–Crippen MR) is 98.4 cm³/mol. The Hall–Kier alpha value is -1.94. The average Bonchev–Trinajstić information content (AvgIpc) is 2.72. The second kappa shape index (κ2) is 7.09. The van der Waals surface area contributed by atoms with Gasteiger partial charge in [0.25, 0.3) is 0 Å². The fourth-order valence-electron chi connectivity index (χ4n) is 2.78. The van der Waals surface area contributed by atoms with Crippen molar-refractivity contribution in [3.05, 3.63) is 54.1 Å². The molecule has 2 aromatic rings. The lowest BCUT2D eigenvalue weighted by molar-refractivity contribution is -0.117. The summed E-state index contributed by atoms with van der Waals surface area (Å²) < 4.78 is 0. The van der Waals surface area contributed by atoms with Crippen LogP contribution in [-0.2, 0) is 4.79 Å². The number of carbonyl (C=O) groups is 1. The van der Waals surface area contributed by atoms with Gasteiger partial charge in [-0.2, -0.15) is 0 Å². The van der Waals surface area contributed by atoms with E-state index in [0.717, 1.165) is 29.9 Å². The van der Waals surface area contributed by atoms with Crippen LogP contribution >= 0.6 is 11.8 Å². The molecule has 1 aliphatic heterocycles. The zero-order valence-electron chi connectivity index (χ0n) is 13.6. The van der Waals surface area contributed by atoms with Crippen molar-refractivity contribution in [1.82, 2.24) is 0 Å². The molecule has 0 radical (unpaired) electrons. The number of aryl methyl sites for hydroxylation is 1. The van der Waals surface area contributed by atoms with E-state index < -0.39 is 0 Å². The highest BCUT2D eigenvalue weighted by molar-refractivity contribution is 8.00. The standard InChI is InChI=1S/C19H22N2OS/c1-14-7-3-4-8-16(14)20-13-19(22)21-12-11-15(2)23-18-10-6-5-9-17(18)21/h3-10,15,20H,11-13H2,1-2H3. The number of rotatable bonds is 3. The third-order valence-corrected chi connectivity index (χ3v) is 5.36. The van der Waals surface area contributed by atoms with Crippen LogP contribution in [0.5, 0.6) is 0 Å². The average molecular weight is 326 g/mol. The van der Waals surface area contributed by atoms with E-state index in [0.29, 0.717) is 11.8 Å². The Morgan fingerprint density at radius 3 is 2.78 bits per heavy atom. The summed E-state index contributed by atoms with van der Waals surface area (Å²) >= 11 is 1.86. The minimum absolute atomic E-state index is 0.121. The first-order valence-electron chi connectivity index (χ1n) is 8.00. The summed E-state index contributed by atoms with van der Waals surface area (Å²) in [5.74, 6) is 0.121. The van der Waals surface area contributed by atoms with Gasteiger partial charge in [0.2, 0.25) is 5.91 Å². The van der Waals surface area contributed by atoms with Gasteiger partial charge in [-0.15, -0.1) is 11.8 Å². The number of para-hydroxylation sites is 2. The Labute approximate surface area is 142 Å². The van der Waals surface area contributed by atoms with E-state index in [1.54, 1.807) is 0 Å². The van der Waals surface area contributed by atoms with Crippen molar-refractivity contribution in [3.63, 3.8) is 0 Å². The second-order valence-electron chi connectivity index (χ2n) is 5.90. The normalized spacial score (nSPS) is 17.3. The smallest absolute Gasteiger partial charge is 0.246 e. The summed E-state index contributed by atoms with van der Waals surface area (Å²) in [7, 11) is 0. The third-order valence-electron chi connectivity index (χ3n) is 4.12. The summed E-state index contributed by atoms with van der Waals surface area (Å²) in [5, 5.41) is 3.80. The molecule has 4 heteroatoms. The van der Waals surface area contributed by atoms with Crippen LogP contribution in [0, 0.1) is 6.92 Å². The molecule has 3 rings (SSSR count). The van der Waals surface area contributed by atoms with Crippen molar-refractivity contribution in [2.45, 2.75) is 30.4 Å².